The molecule has 8 nitrogen and oxygen atoms in total. The van der Waals surface area contributed by atoms with E-state index in [0.717, 1.165) is 24.3 Å². The fourth-order valence-electron chi connectivity index (χ4n) is 2.78. The van der Waals surface area contributed by atoms with E-state index in [1.165, 1.54) is 0 Å². The first-order chi connectivity index (χ1) is 11.6. The Hall–Kier alpha value is -3.01. The smallest absolute Gasteiger partial charge is 0.408 e. The van der Waals surface area contributed by atoms with Gasteiger partial charge in [-0.05, 0) is 11.1 Å². The lowest BCUT2D eigenvalue weighted by Gasteiger charge is -2.23. The number of aliphatic carboxylic acids is 2. The first-order valence-electron chi connectivity index (χ1n) is 6.91. The summed E-state index contributed by atoms with van der Waals surface area (Å²) in [6.45, 7) is -0.516. The zero-order valence-electron chi connectivity index (χ0n) is 12.5. The second-order valence-corrected chi connectivity index (χ2v) is 5.52. The summed E-state index contributed by atoms with van der Waals surface area (Å²) in [5.41, 5.74) is -3.24. The van der Waals surface area contributed by atoms with Gasteiger partial charge in [0.15, 0.2) is 0 Å². The van der Waals surface area contributed by atoms with Crippen molar-refractivity contribution in [3.63, 3.8) is 0 Å². The van der Waals surface area contributed by atoms with Gasteiger partial charge >= 0.3 is 18.0 Å². The zero-order valence-corrected chi connectivity index (χ0v) is 12.5. The molecule has 1 heterocycles. The molecule has 1 aromatic rings. The van der Waals surface area contributed by atoms with Crippen LogP contribution in [0.4, 0.5) is 13.6 Å². The minimum Gasteiger partial charge on any atom is -0.480 e. The van der Waals surface area contributed by atoms with E-state index >= 15 is 0 Å². The molecule has 1 saturated heterocycles. The van der Waals surface area contributed by atoms with Gasteiger partial charge in [-0.15, -0.1) is 0 Å². The van der Waals surface area contributed by atoms with Crippen molar-refractivity contribution in [3.05, 3.63) is 41.5 Å². The van der Waals surface area contributed by atoms with Crippen molar-refractivity contribution in [3.8, 4) is 0 Å². The molecule has 1 amide bonds. The summed E-state index contributed by atoms with van der Waals surface area (Å²) in [5, 5.41) is 37.5. The van der Waals surface area contributed by atoms with Crippen molar-refractivity contribution >= 4 is 23.6 Å². The minimum atomic E-state index is -2.39. The van der Waals surface area contributed by atoms with Crippen LogP contribution in [0.3, 0.4) is 0 Å². The standard InChI is InChI=1S/C15H13F2NO7/c16-11(17)10(13(21)22)7-1-3-8(4-2-7)15(25)5-9(12(19)20)18(6-15)14(23)24/h1-4,9,25H,5-6H2,(H,19,20)(H,21,22)(H,23,24)/t9-,15?/m0/s1. The van der Waals surface area contributed by atoms with Crippen LogP contribution in [0.5, 0.6) is 0 Å². The molecular weight excluding hydrogens is 344 g/mol. The fourth-order valence-corrected chi connectivity index (χ4v) is 2.78. The molecule has 4 N–H and O–H groups in total. The van der Waals surface area contributed by atoms with Crippen molar-refractivity contribution < 1.29 is 43.6 Å². The van der Waals surface area contributed by atoms with Gasteiger partial charge in [-0.2, -0.15) is 8.78 Å². The molecule has 0 bridgehead atoms. The van der Waals surface area contributed by atoms with Gasteiger partial charge in [0.1, 0.15) is 17.2 Å². The molecule has 1 aliphatic rings. The number of amides is 1. The molecule has 1 fully saturated rings. The number of β-amino-alcohol motifs (C(OH)–C–C–N with tert-alkyl or cyclic N) is 1. The molecule has 134 valence electrons. The van der Waals surface area contributed by atoms with Crippen LogP contribution in [0.15, 0.2) is 30.3 Å². The molecule has 2 rings (SSSR count). The fraction of sp³-hybridized carbons (Fsp3) is 0.267. The average molecular weight is 357 g/mol. The third kappa shape index (κ3) is 3.43. The van der Waals surface area contributed by atoms with Crippen molar-refractivity contribution in [2.75, 3.05) is 6.54 Å². The summed E-state index contributed by atoms with van der Waals surface area (Å²) >= 11 is 0. The number of nitrogens with zero attached hydrogens (tertiary/aromatic N) is 1. The number of hydrogen-bond donors (Lipinski definition) is 4. The van der Waals surface area contributed by atoms with Gasteiger partial charge in [0.25, 0.3) is 6.08 Å². The number of carboxylic acid groups (broad SMARTS) is 3. The topological polar surface area (TPSA) is 135 Å². The van der Waals surface area contributed by atoms with Gasteiger partial charge in [0.2, 0.25) is 0 Å². The number of likely N-dealkylation sites (tertiary alicyclic amines) is 1. The highest BCUT2D eigenvalue weighted by Crippen LogP contribution is 2.36. The molecule has 25 heavy (non-hydrogen) atoms. The number of halogens is 2. The van der Waals surface area contributed by atoms with Gasteiger partial charge in [-0.1, -0.05) is 24.3 Å². The summed E-state index contributed by atoms with van der Waals surface area (Å²) < 4.78 is 25.4. The molecule has 10 heteroatoms. The summed E-state index contributed by atoms with van der Waals surface area (Å²) in [5.74, 6) is -3.25. The molecule has 0 saturated carbocycles. The average Bonchev–Trinajstić information content (AvgIpc) is 2.87. The third-order valence-electron chi connectivity index (χ3n) is 3.98. The Morgan fingerprint density at radius 2 is 1.64 bits per heavy atom. The first-order valence-corrected chi connectivity index (χ1v) is 6.91. The lowest BCUT2D eigenvalue weighted by atomic mass is 9.90. The van der Waals surface area contributed by atoms with E-state index in [2.05, 4.69) is 0 Å². The predicted molar refractivity (Wildman–Crippen MR) is 77.9 cm³/mol. The van der Waals surface area contributed by atoms with Gasteiger partial charge < -0.3 is 20.4 Å². The number of carboxylic acids is 2. The van der Waals surface area contributed by atoms with E-state index in [-0.39, 0.29) is 11.1 Å². The Bertz CT molecular complexity index is 734. The Balaban J connectivity index is 2.36. The predicted octanol–water partition coefficient (Wildman–Crippen LogP) is 1.40. The van der Waals surface area contributed by atoms with Crippen LogP contribution < -0.4 is 0 Å². The number of rotatable bonds is 4. The molecule has 0 aromatic heterocycles. The third-order valence-corrected chi connectivity index (χ3v) is 3.98. The monoisotopic (exact) mass is 357 g/mol. The van der Waals surface area contributed by atoms with Crippen molar-refractivity contribution in [1.29, 1.82) is 0 Å². The molecule has 2 atom stereocenters. The number of carbonyl (C=O) groups is 3. The summed E-state index contributed by atoms with van der Waals surface area (Å²) in [6, 6.07) is 2.93. The normalized spacial score (nSPS) is 22.5. The van der Waals surface area contributed by atoms with Gasteiger partial charge in [-0.3, -0.25) is 4.90 Å². The number of hydrogen-bond acceptors (Lipinski definition) is 4. The second-order valence-electron chi connectivity index (χ2n) is 5.52. The first kappa shape index (κ1) is 18.3. The summed E-state index contributed by atoms with van der Waals surface area (Å²) in [6.07, 6.45) is -4.33. The molecule has 1 aliphatic heterocycles. The van der Waals surface area contributed by atoms with Gasteiger partial charge in [-0.25, -0.2) is 14.4 Å². The Morgan fingerprint density at radius 3 is 2.00 bits per heavy atom. The van der Waals surface area contributed by atoms with Crippen molar-refractivity contribution in [1.82, 2.24) is 4.90 Å². The van der Waals surface area contributed by atoms with Crippen LogP contribution in [-0.4, -0.2) is 55.9 Å². The Morgan fingerprint density at radius 1 is 1.08 bits per heavy atom. The maximum atomic E-state index is 12.7. The van der Waals surface area contributed by atoms with Gasteiger partial charge in [0.05, 0.1) is 6.54 Å². The van der Waals surface area contributed by atoms with E-state index in [4.69, 9.17) is 15.3 Å². The SMILES string of the molecule is O=C(O)C(=C(F)F)c1ccc(C2(O)C[C@@H](C(=O)O)N(C(=O)O)C2)cc1. The molecular formula is C15H13F2NO7. The molecule has 0 aliphatic carbocycles. The molecule has 0 radical (unpaired) electrons. The summed E-state index contributed by atoms with van der Waals surface area (Å²) in [4.78, 5) is 33.7. The van der Waals surface area contributed by atoms with E-state index < -0.39 is 54.3 Å². The van der Waals surface area contributed by atoms with Crippen LogP contribution in [0.2, 0.25) is 0 Å². The Labute approximate surface area is 139 Å². The molecule has 1 unspecified atom stereocenters. The largest absolute Gasteiger partial charge is 0.480 e. The highest BCUT2D eigenvalue weighted by atomic mass is 19.3. The highest BCUT2D eigenvalue weighted by Gasteiger charge is 2.49. The van der Waals surface area contributed by atoms with Crippen LogP contribution in [0.1, 0.15) is 17.5 Å². The van der Waals surface area contributed by atoms with E-state index in [9.17, 15) is 28.3 Å². The lowest BCUT2D eigenvalue weighted by Crippen LogP contribution is -2.40. The van der Waals surface area contributed by atoms with Crippen molar-refractivity contribution in [2.45, 2.75) is 18.1 Å². The number of benzene rings is 1. The quantitative estimate of drug-likeness (QED) is 0.598. The Kier molecular flexibility index (Phi) is 4.75. The van der Waals surface area contributed by atoms with E-state index in [0.29, 0.717) is 4.90 Å². The number of aliphatic hydroxyl groups is 1. The van der Waals surface area contributed by atoms with E-state index in [1.54, 1.807) is 0 Å². The van der Waals surface area contributed by atoms with Gasteiger partial charge in [0, 0.05) is 6.42 Å². The van der Waals surface area contributed by atoms with Crippen LogP contribution in [0.25, 0.3) is 5.57 Å². The minimum absolute atomic E-state index is 0.0928. The van der Waals surface area contributed by atoms with Crippen LogP contribution in [0, 0.1) is 0 Å². The zero-order chi connectivity index (χ0) is 18.9. The maximum absolute atomic E-state index is 12.7. The molecule has 1 aromatic carbocycles. The van der Waals surface area contributed by atoms with E-state index in [1.807, 2.05) is 0 Å². The lowest BCUT2D eigenvalue weighted by molar-refractivity contribution is -0.141. The molecule has 0 spiro atoms. The van der Waals surface area contributed by atoms with Crippen LogP contribution in [-0.2, 0) is 15.2 Å². The highest BCUT2D eigenvalue weighted by molar-refractivity contribution is 6.15. The second kappa shape index (κ2) is 6.48. The van der Waals surface area contributed by atoms with Crippen molar-refractivity contribution in [2.24, 2.45) is 0 Å². The maximum Gasteiger partial charge on any atom is 0.408 e. The summed E-state index contributed by atoms with van der Waals surface area (Å²) in [7, 11) is 0. The van der Waals surface area contributed by atoms with Crippen LogP contribution >= 0.6 is 0 Å².